The van der Waals surface area contributed by atoms with Gasteiger partial charge in [-0.3, -0.25) is 0 Å². The molecule has 0 aliphatic carbocycles. The predicted octanol–water partition coefficient (Wildman–Crippen LogP) is 2.63. The normalized spacial score (nSPS) is 11.9. The molecule has 0 N–H and O–H groups in total. The van der Waals surface area contributed by atoms with Crippen LogP contribution < -0.4 is 0 Å². The number of halogens is 1. The molecule has 0 bridgehead atoms. The Kier molecular flexibility index (Phi) is 4.61. The summed E-state index contributed by atoms with van der Waals surface area (Å²) in [5, 5.41) is 0. The van der Waals surface area contributed by atoms with E-state index in [9.17, 15) is 4.57 Å². The van der Waals surface area contributed by atoms with E-state index in [1.54, 1.807) is 0 Å². The Bertz CT molecular complexity index is 108. The summed E-state index contributed by atoms with van der Waals surface area (Å²) in [7, 11) is -1.75. The first-order valence-electron chi connectivity index (χ1n) is 3.16. The number of rotatable bonds is 4. The molecule has 0 spiro atoms. The maximum absolute atomic E-state index is 11.0. The summed E-state index contributed by atoms with van der Waals surface area (Å²) >= 11 is 5.44. The average molecular weight is 169 g/mol. The van der Waals surface area contributed by atoms with Gasteiger partial charge in [0, 0.05) is 12.0 Å². The number of hydrogen-bond acceptors (Lipinski definition) is 1. The topological polar surface area (TPSA) is 17.1 Å². The Labute approximate surface area is 62.2 Å². The molecule has 0 aromatic heterocycles. The van der Waals surface area contributed by atoms with Gasteiger partial charge in [0.15, 0.2) is 0 Å². The fourth-order valence-electron chi connectivity index (χ4n) is 0.587. The van der Waals surface area contributed by atoms with Crippen LogP contribution in [0.1, 0.15) is 12.8 Å². The highest BCUT2D eigenvalue weighted by atomic mass is 35.5. The van der Waals surface area contributed by atoms with Crippen LogP contribution >= 0.6 is 18.7 Å². The molecule has 0 aromatic carbocycles. The molecular formula is C6H14ClOP. The maximum Gasteiger partial charge on any atom is 0.0819 e. The van der Waals surface area contributed by atoms with E-state index in [1.165, 1.54) is 0 Å². The molecule has 0 rings (SSSR count). The van der Waals surface area contributed by atoms with Crippen LogP contribution in [0.3, 0.4) is 0 Å². The summed E-state index contributed by atoms with van der Waals surface area (Å²) in [5.74, 6) is 0.694. The molecule has 0 amide bonds. The Morgan fingerprint density at radius 1 is 1.33 bits per heavy atom. The summed E-state index contributed by atoms with van der Waals surface area (Å²) in [6, 6.07) is 0. The van der Waals surface area contributed by atoms with Gasteiger partial charge in [-0.15, -0.1) is 11.6 Å². The van der Waals surface area contributed by atoms with Crippen LogP contribution in [0.5, 0.6) is 0 Å². The van der Waals surface area contributed by atoms with Crippen LogP contribution in [-0.2, 0) is 4.57 Å². The van der Waals surface area contributed by atoms with Gasteiger partial charge in [0.05, 0.1) is 7.14 Å². The van der Waals surface area contributed by atoms with E-state index in [2.05, 4.69) is 0 Å². The number of unbranched alkanes of at least 4 members (excludes halogenated alkanes) is 1. The molecule has 0 radical (unpaired) electrons. The zero-order valence-corrected chi connectivity index (χ0v) is 7.71. The minimum absolute atomic E-state index is 0.694. The molecule has 1 nitrogen and oxygen atoms in total. The van der Waals surface area contributed by atoms with Crippen LogP contribution in [0.4, 0.5) is 0 Å². The lowest BCUT2D eigenvalue weighted by Crippen LogP contribution is -1.86. The Morgan fingerprint density at radius 2 is 1.89 bits per heavy atom. The van der Waals surface area contributed by atoms with Gasteiger partial charge >= 0.3 is 0 Å². The molecule has 0 aliphatic heterocycles. The second kappa shape index (κ2) is 4.35. The summed E-state index contributed by atoms with van der Waals surface area (Å²) in [6.07, 6.45) is 2.85. The van der Waals surface area contributed by atoms with Gasteiger partial charge in [-0.2, -0.15) is 0 Å². The first kappa shape index (κ1) is 9.52. The lowest BCUT2D eigenvalue weighted by Gasteiger charge is -2.03. The van der Waals surface area contributed by atoms with E-state index in [0.717, 1.165) is 19.0 Å². The fraction of sp³-hybridized carbons (Fsp3) is 1.00. The molecule has 0 saturated heterocycles. The lowest BCUT2D eigenvalue weighted by atomic mass is 10.4. The van der Waals surface area contributed by atoms with Crippen molar-refractivity contribution < 1.29 is 4.57 Å². The molecular weight excluding hydrogens is 154 g/mol. The quantitative estimate of drug-likeness (QED) is 0.358. The first-order chi connectivity index (χ1) is 4.06. The highest BCUT2D eigenvalue weighted by molar-refractivity contribution is 7.62. The van der Waals surface area contributed by atoms with E-state index >= 15 is 0 Å². The van der Waals surface area contributed by atoms with Crippen molar-refractivity contribution in [1.29, 1.82) is 0 Å². The van der Waals surface area contributed by atoms with E-state index in [4.69, 9.17) is 11.6 Å². The van der Waals surface area contributed by atoms with E-state index < -0.39 is 7.14 Å². The van der Waals surface area contributed by atoms with Gasteiger partial charge in [0.2, 0.25) is 0 Å². The molecule has 0 atom stereocenters. The van der Waals surface area contributed by atoms with Gasteiger partial charge in [0.25, 0.3) is 0 Å². The summed E-state index contributed by atoms with van der Waals surface area (Å²) < 4.78 is 11.0. The second-order valence-corrected chi connectivity index (χ2v) is 6.67. The van der Waals surface area contributed by atoms with E-state index in [1.807, 2.05) is 13.3 Å². The highest BCUT2D eigenvalue weighted by Crippen LogP contribution is 2.36. The van der Waals surface area contributed by atoms with E-state index in [0.29, 0.717) is 5.88 Å². The number of hydrogen-bond donors (Lipinski definition) is 0. The van der Waals surface area contributed by atoms with Crippen molar-refractivity contribution in [2.45, 2.75) is 12.8 Å². The van der Waals surface area contributed by atoms with E-state index in [-0.39, 0.29) is 0 Å². The van der Waals surface area contributed by atoms with Crippen molar-refractivity contribution in [2.24, 2.45) is 0 Å². The highest BCUT2D eigenvalue weighted by Gasteiger charge is 2.04. The van der Waals surface area contributed by atoms with Crippen LogP contribution in [0.25, 0.3) is 0 Å². The third-order valence-electron chi connectivity index (χ3n) is 1.08. The Hall–Kier alpha value is 0.520. The largest absolute Gasteiger partial charge is 0.324 e. The van der Waals surface area contributed by atoms with Crippen LogP contribution in [-0.4, -0.2) is 25.4 Å². The Balaban J connectivity index is 3.18. The fourth-order valence-corrected chi connectivity index (χ4v) is 1.76. The minimum Gasteiger partial charge on any atom is -0.324 e. The van der Waals surface area contributed by atoms with Gasteiger partial charge in [-0.1, -0.05) is 0 Å². The van der Waals surface area contributed by atoms with Crippen molar-refractivity contribution in [3.05, 3.63) is 0 Å². The summed E-state index contributed by atoms with van der Waals surface area (Å²) in [4.78, 5) is 0. The first-order valence-corrected chi connectivity index (χ1v) is 6.48. The molecule has 0 aliphatic rings. The van der Waals surface area contributed by atoms with Crippen molar-refractivity contribution in [2.75, 3.05) is 25.4 Å². The number of alkyl halides is 1. The van der Waals surface area contributed by atoms with Crippen molar-refractivity contribution in [3.63, 3.8) is 0 Å². The van der Waals surface area contributed by atoms with Crippen LogP contribution in [0, 0.1) is 0 Å². The molecule has 0 fully saturated rings. The van der Waals surface area contributed by atoms with Crippen molar-refractivity contribution >= 4 is 18.7 Å². The molecule has 9 heavy (non-hydrogen) atoms. The molecule has 0 heterocycles. The molecule has 0 aromatic rings. The maximum atomic E-state index is 11.0. The van der Waals surface area contributed by atoms with Gasteiger partial charge in [-0.05, 0) is 26.2 Å². The Morgan fingerprint density at radius 3 is 2.22 bits per heavy atom. The lowest BCUT2D eigenvalue weighted by molar-refractivity contribution is 0.580. The third-order valence-corrected chi connectivity index (χ3v) is 2.74. The van der Waals surface area contributed by atoms with Crippen LogP contribution in [0.15, 0.2) is 0 Å². The van der Waals surface area contributed by atoms with Gasteiger partial charge in [-0.25, -0.2) is 0 Å². The molecule has 0 saturated carbocycles. The average Bonchev–Trinajstić information content (AvgIpc) is 1.63. The van der Waals surface area contributed by atoms with Crippen LogP contribution in [0.2, 0.25) is 0 Å². The standard InChI is InChI=1S/C6H14ClOP/c1-9(2,8)6-4-3-5-7/h3-6H2,1-2H3. The minimum atomic E-state index is -1.75. The van der Waals surface area contributed by atoms with Gasteiger partial charge < -0.3 is 4.57 Å². The smallest absolute Gasteiger partial charge is 0.0819 e. The summed E-state index contributed by atoms with van der Waals surface area (Å²) in [6.45, 7) is 3.64. The monoisotopic (exact) mass is 168 g/mol. The SMILES string of the molecule is CP(C)(=O)CCCCCl. The zero-order valence-electron chi connectivity index (χ0n) is 6.06. The third kappa shape index (κ3) is 8.52. The molecule has 0 unspecified atom stereocenters. The second-order valence-electron chi connectivity index (χ2n) is 2.69. The predicted molar refractivity (Wildman–Crippen MR) is 44.3 cm³/mol. The van der Waals surface area contributed by atoms with Crippen molar-refractivity contribution in [3.8, 4) is 0 Å². The zero-order chi connectivity index (χ0) is 7.33. The van der Waals surface area contributed by atoms with Crippen molar-refractivity contribution in [1.82, 2.24) is 0 Å². The molecule has 3 heteroatoms. The van der Waals surface area contributed by atoms with Gasteiger partial charge in [0.1, 0.15) is 0 Å². The molecule has 56 valence electrons. The summed E-state index contributed by atoms with van der Waals surface area (Å²) in [5.41, 5.74) is 0.